The maximum Gasteiger partial charge on any atom is 0.416 e. The van der Waals surface area contributed by atoms with Crippen molar-refractivity contribution in [3.8, 4) is 0 Å². The molecule has 1 aliphatic rings. The van der Waals surface area contributed by atoms with Crippen LogP contribution in [0.15, 0.2) is 54.6 Å². The monoisotopic (exact) mass is 399 g/mol. The number of alkyl halides is 3. The van der Waals surface area contributed by atoms with Gasteiger partial charge in [-0.25, -0.2) is 4.68 Å². The van der Waals surface area contributed by atoms with E-state index in [1.165, 1.54) is 16.8 Å². The average molecular weight is 399 g/mol. The van der Waals surface area contributed by atoms with Gasteiger partial charge in [-0.2, -0.15) is 23.3 Å². The van der Waals surface area contributed by atoms with Crippen molar-refractivity contribution in [1.29, 1.82) is 0 Å². The molecular formula is C21H20F3N5. The standard InChI is InChI=1S/C21H20F3N5/c1-13-25-20-26-18(14-8-10-15(11-9-14)28(2)3)12-19(29(20)27-13)16-6-4-5-7-17(16)21(22,23)24/h4-12,19H,1-3H3,(H,25,26,27)/t19-/m1/s1. The lowest BCUT2D eigenvalue weighted by Gasteiger charge is -2.26. The maximum absolute atomic E-state index is 13.6. The normalized spacial score (nSPS) is 16.1. The number of halogens is 3. The molecule has 1 N–H and O–H groups in total. The summed E-state index contributed by atoms with van der Waals surface area (Å²) < 4.78 is 42.4. The van der Waals surface area contributed by atoms with E-state index in [4.69, 9.17) is 0 Å². The topological polar surface area (TPSA) is 46.0 Å². The second-order valence-corrected chi connectivity index (χ2v) is 7.10. The van der Waals surface area contributed by atoms with E-state index in [9.17, 15) is 13.2 Å². The summed E-state index contributed by atoms with van der Waals surface area (Å²) in [7, 11) is 3.89. The number of nitrogens with zero attached hydrogens (tertiary/aromatic N) is 4. The predicted molar refractivity (Wildman–Crippen MR) is 107 cm³/mol. The SMILES string of the molecule is Cc1nc2n(n1)[C@@H](c1ccccc1C(F)(F)F)C=C(c1ccc(N(C)C)cc1)N2. The Hall–Kier alpha value is -3.29. The number of rotatable bonds is 3. The molecule has 2 heterocycles. The van der Waals surface area contributed by atoms with Gasteiger partial charge in [0.2, 0.25) is 5.95 Å². The van der Waals surface area contributed by atoms with E-state index < -0.39 is 17.8 Å². The summed E-state index contributed by atoms with van der Waals surface area (Å²) in [4.78, 5) is 6.33. The number of nitrogens with one attached hydrogen (secondary N) is 1. The molecule has 29 heavy (non-hydrogen) atoms. The molecule has 0 unspecified atom stereocenters. The molecule has 3 aromatic rings. The molecule has 8 heteroatoms. The van der Waals surface area contributed by atoms with Crippen molar-refractivity contribution in [1.82, 2.24) is 14.8 Å². The molecule has 1 atom stereocenters. The number of fused-ring (bicyclic) bond motifs is 1. The van der Waals surface area contributed by atoms with Gasteiger partial charge in [0.15, 0.2) is 0 Å². The Kier molecular flexibility index (Phi) is 4.56. The van der Waals surface area contributed by atoms with Crippen LogP contribution in [0.4, 0.5) is 24.8 Å². The van der Waals surface area contributed by atoms with Gasteiger partial charge in [0.25, 0.3) is 0 Å². The van der Waals surface area contributed by atoms with Crippen LogP contribution in [0.3, 0.4) is 0 Å². The molecular weight excluding hydrogens is 379 g/mol. The highest BCUT2D eigenvalue weighted by Crippen LogP contribution is 2.39. The van der Waals surface area contributed by atoms with Crippen LogP contribution in [0.2, 0.25) is 0 Å². The zero-order valence-electron chi connectivity index (χ0n) is 16.2. The third-order valence-electron chi connectivity index (χ3n) is 4.85. The Balaban J connectivity index is 1.84. The fourth-order valence-corrected chi connectivity index (χ4v) is 3.44. The predicted octanol–water partition coefficient (Wildman–Crippen LogP) is 4.73. The molecule has 1 aliphatic heterocycles. The average Bonchev–Trinajstić information content (AvgIpc) is 3.06. The van der Waals surface area contributed by atoms with Gasteiger partial charge >= 0.3 is 6.18 Å². The fraction of sp³-hybridized carbons (Fsp3) is 0.238. The minimum Gasteiger partial charge on any atom is -0.378 e. The van der Waals surface area contributed by atoms with Crippen LogP contribution < -0.4 is 10.2 Å². The zero-order valence-corrected chi connectivity index (χ0v) is 16.2. The minimum atomic E-state index is -4.46. The Morgan fingerprint density at radius 1 is 1.03 bits per heavy atom. The van der Waals surface area contributed by atoms with Gasteiger partial charge in [-0.3, -0.25) is 0 Å². The van der Waals surface area contributed by atoms with E-state index in [2.05, 4.69) is 15.4 Å². The van der Waals surface area contributed by atoms with Crippen LogP contribution in [0.25, 0.3) is 5.70 Å². The van der Waals surface area contributed by atoms with Gasteiger partial charge in [0.1, 0.15) is 11.9 Å². The van der Waals surface area contributed by atoms with Crippen molar-refractivity contribution < 1.29 is 13.2 Å². The first kappa shape index (κ1) is 19.0. The zero-order chi connectivity index (χ0) is 20.8. The summed E-state index contributed by atoms with van der Waals surface area (Å²) >= 11 is 0. The number of hydrogen-bond donors (Lipinski definition) is 1. The van der Waals surface area contributed by atoms with Gasteiger partial charge in [-0.15, -0.1) is 0 Å². The van der Waals surface area contributed by atoms with Gasteiger partial charge in [-0.05, 0) is 42.3 Å². The van der Waals surface area contributed by atoms with Crippen LogP contribution in [-0.4, -0.2) is 28.9 Å². The lowest BCUT2D eigenvalue weighted by molar-refractivity contribution is -0.138. The molecule has 0 spiro atoms. The smallest absolute Gasteiger partial charge is 0.378 e. The highest BCUT2D eigenvalue weighted by molar-refractivity contribution is 5.78. The molecule has 0 amide bonds. The Bertz CT molecular complexity index is 1060. The largest absolute Gasteiger partial charge is 0.416 e. The van der Waals surface area contributed by atoms with Crippen molar-refractivity contribution >= 4 is 17.3 Å². The summed E-state index contributed by atoms with van der Waals surface area (Å²) in [5, 5.41) is 7.52. The molecule has 0 saturated heterocycles. The maximum atomic E-state index is 13.6. The third kappa shape index (κ3) is 3.57. The van der Waals surface area contributed by atoms with Gasteiger partial charge in [-0.1, -0.05) is 30.3 Å². The first-order valence-corrected chi connectivity index (χ1v) is 9.10. The van der Waals surface area contributed by atoms with Crippen molar-refractivity contribution in [2.24, 2.45) is 0 Å². The first-order valence-electron chi connectivity index (χ1n) is 9.10. The van der Waals surface area contributed by atoms with E-state index in [1.54, 1.807) is 19.1 Å². The molecule has 1 aromatic heterocycles. The molecule has 0 radical (unpaired) electrons. The summed E-state index contributed by atoms with van der Waals surface area (Å²) in [6.45, 7) is 1.71. The van der Waals surface area contributed by atoms with Crippen LogP contribution in [-0.2, 0) is 6.18 Å². The van der Waals surface area contributed by atoms with Crippen molar-refractivity contribution in [3.63, 3.8) is 0 Å². The fourth-order valence-electron chi connectivity index (χ4n) is 3.44. The van der Waals surface area contributed by atoms with E-state index in [-0.39, 0.29) is 5.56 Å². The molecule has 0 fully saturated rings. The van der Waals surface area contributed by atoms with Crippen LogP contribution in [0, 0.1) is 6.92 Å². The molecule has 0 bridgehead atoms. The Morgan fingerprint density at radius 2 is 1.72 bits per heavy atom. The molecule has 150 valence electrons. The summed E-state index contributed by atoms with van der Waals surface area (Å²) in [6, 6.07) is 12.6. The van der Waals surface area contributed by atoms with Crippen LogP contribution in [0.5, 0.6) is 0 Å². The van der Waals surface area contributed by atoms with Crippen molar-refractivity contribution in [2.45, 2.75) is 19.1 Å². The second-order valence-electron chi connectivity index (χ2n) is 7.10. The number of benzene rings is 2. The first-order chi connectivity index (χ1) is 13.7. The second kappa shape index (κ2) is 6.95. The van der Waals surface area contributed by atoms with Crippen molar-refractivity contribution in [3.05, 3.63) is 77.1 Å². The van der Waals surface area contributed by atoms with E-state index in [0.29, 0.717) is 17.5 Å². The number of allylic oxidation sites excluding steroid dienone is 1. The lowest BCUT2D eigenvalue weighted by atomic mass is 9.97. The summed E-state index contributed by atoms with van der Waals surface area (Å²) in [5.74, 6) is 0.901. The Morgan fingerprint density at radius 3 is 2.38 bits per heavy atom. The number of hydrogen-bond acceptors (Lipinski definition) is 4. The van der Waals surface area contributed by atoms with Crippen LogP contribution in [0.1, 0.15) is 28.6 Å². The minimum absolute atomic E-state index is 0.134. The lowest BCUT2D eigenvalue weighted by Crippen LogP contribution is -2.23. The summed E-state index contributed by atoms with van der Waals surface area (Å²) in [5.41, 5.74) is 2.04. The quantitative estimate of drug-likeness (QED) is 0.692. The Labute approximate surface area is 166 Å². The third-order valence-corrected chi connectivity index (χ3v) is 4.85. The van der Waals surface area contributed by atoms with E-state index in [0.717, 1.165) is 17.3 Å². The van der Waals surface area contributed by atoms with Gasteiger partial charge < -0.3 is 10.2 Å². The highest BCUT2D eigenvalue weighted by Gasteiger charge is 2.36. The molecule has 0 aliphatic carbocycles. The summed E-state index contributed by atoms with van der Waals surface area (Å²) in [6.07, 6.45) is -2.70. The number of aryl methyl sites for hydroxylation is 1. The molecule has 2 aromatic carbocycles. The molecule has 0 saturated carbocycles. The number of aromatic nitrogens is 3. The van der Waals surface area contributed by atoms with Crippen molar-refractivity contribution in [2.75, 3.05) is 24.3 Å². The highest BCUT2D eigenvalue weighted by atomic mass is 19.4. The molecule has 5 nitrogen and oxygen atoms in total. The van der Waals surface area contributed by atoms with Gasteiger partial charge in [0.05, 0.1) is 5.56 Å². The van der Waals surface area contributed by atoms with Gasteiger partial charge in [0, 0.05) is 25.5 Å². The van der Waals surface area contributed by atoms with Crippen LogP contribution >= 0.6 is 0 Å². The number of anilines is 2. The van der Waals surface area contributed by atoms with E-state index in [1.807, 2.05) is 43.3 Å². The van der Waals surface area contributed by atoms with E-state index >= 15 is 0 Å². The molecule has 4 rings (SSSR count).